The highest BCUT2D eigenvalue weighted by Gasteiger charge is 2.24. The number of fused-ring (bicyclic) bond motifs is 1. The summed E-state index contributed by atoms with van der Waals surface area (Å²) >= 11 is 1.13. The number of carbonyl (C=O) groups excluding carboxylic acids is 2. The molecule has 39 heavy (non-hydrogen) atoms. The molecule has 1 N–H and O–H groups in total. The monoisotopic (exact) mass is 541 g/mol. The molecule has 3 aromatic carbocycles. The Morgan fingerprint density at radius 1 is 0.974 bits per heavy atom. The van der Waals surface area contributed by atoms with Crippen LogP contribution in [-0.4, -0.2) is 28.3 Å². The van der Waals surface area contributed by atoms with Crippen LogP contribution in [0.1, 0.15) is 40.9 Å². The number of ether oxygens (including phenoxy) is 1. The molecule has 5 rings (SSSR count). The maximum absolute atomic E-state index is 13.6. The Hall–Kier alpha value is -4.63. The van der Waals surface area contributed by atoms with Gasteiger partial charge in [0, 0.05) is 23.1 Å². The summed E-state index contributed by atoms with van der Waals surface area (Å²) in [6.45, 7) is 1.78. The molecule has 7 nitrogen and oxygen atoms in total. The number of hydrogen-bond donors (Lipinski definition) is 1. The summed E-state index contributed by atoms with van der Waals surface area (Å²) in [7, 11) is 0. The van der Waals surface area contributed by atoms with Crippen LogP contribution in [0.3, 0.4) is 0 Å². The Morgan fingerprint density at radius 2 is 1.59 bits per heavy atom. The van der Waals surface area contributed by atoms with Gasteiger partial charge in [0.1, 0.15) is 10.8 Å². The lowest BCUT2D eigenvalue weighted by Gasteiger charge is -2.17. The zero-order valence-electron chi connectivity index (χ0n) is 21.0. The molecule has 2 aromatic heterocycles. The molecular formula is C30H24FN3O4S. The third-order valence-electron chi connectivity index (χ3n) is 6.24. The number of halogens is 1. The van der Waals surface area contributed by atoms with Gasteiger partial charge in [-0.3, -0.25) is 9.59 Å². The highest BCUT2D eigenvalue weighted by Crippen LogP contribution is 2.33. The van der Waals surface area contributed by atoms with E-state index in [1.54, 1.807) is 12.3 Å². The van der Waals surface area contributed by atoms with Crippen LogP contribution in [0.2, 0.25) is 0 Å². The molecule has 0 unspecified atom stereocenters. The van der Waals surface area contributed by atoms with Crippen LogP contribution in [0, 0.1) is 5.82 Å². The third-order valence-corrected chi connectivity index (χ3v) is 7.13. The van der Waals surface area contributed by atoms with E-state index in [1.165, 1.54) is 24.3 Å². The second-order valence-electron chi connectivity index (χ2n) is 8.74. The van der Waals surface area contributed by atoms with Crippen LogP contribution >= 0.6 is 11.3 Å². The molecule has 9 heteroatoms. The molecule has 0 radical (unpaired) electrons. The lowest BCUT2D eigenvalue weighted by molar-refractivity contribution is -0.116. The third kappa shape index (κ3) is 5.49. The van der Waals surface area contributed by atoms with Crippen molar-refractivity contribution < 1.29 is 18.7 Å². The Kier molecular flexibility index (Phi) is 7.60. The standard InChI is InChI=1S/C30H24FN3O4S/c1-2-38-30(37)27-24-18-39-28(26(24)29(36)34(33-27)22-15-13-21(31)14-16-22)32-25(35)17-23(19-9-5-3-6-10-19)20-11-7-4-8-12-20/h3-16,18,23H,2,17H2,1H3,(H,32,35). The summed E-state index contributed by atoms with van der Waals surface area (Å²) in [5, 5.41) is 9.44. The minimum atomic E-state index is -0.706. The maximum Gasteiger partial charge on any atom is 0.359 e. The van der Waals surface area contributed by atoms with Crippen molar-refractivity contribution in [2.45, 2.75) is 19.3 Å². The summed E-state index contributed by atoms with van der Waals surface area (Å²) in [6, 6.07) is 24.6. The van der Waals surface area contributed by atoms with Crippen LogP contribution in [-0.2, 0) is 9.53 Å². The van der Waals surface area contributed by atoms with Crippen molar-refractivity contribution in [3.05, 3.63) is 123 Å². The van der Waals surface area contributed by atoms with Crippen molar-refractivity contribution in [3.63, 3.8) is 0 Å². The smallest absolute Gasteiger partial charge is 0.359 e. The van der Waals surface area contributed by atoms with E-state index in [1.807, 2.05) is 60.7 Å². The van der Waals surface area contributed by atoms with Gasteiger partial charge in [0.15, 0.2) is 5.69 Å². The predicted molar refractivity (Wildman–Crippen MR) is 149 cm³/mol. The van der Waals surface area contributed by atoms with Crippen molar-refractivity contribution in [2.24, 2.45) is 0 Å². The molecule has 2 heterocycles. The van der Waals surface area contributed by atoms with Crippen LogP contribution < -0.4 is 10.9 Å². The van der Waals surface area contributed by atoms with Crippen molar-refractivity contribution >= 4 is 39.0 Å². The van der Waals surface area contributed by atoms with Crippen molar-refractivity contribution in [1.29, 1.82) is 0 Å². The highest BCUT2D eigenvalue weighted by molar-refractivity contribution is 7.16. The molecule has 0 aliphatic carbocycles. The molecule has 0 aliphatic heterocycles. The number of carbonyl (C=O) groups is 2. The Bertz CT molecular complexity index is 1640. The van der Waals surface area contributed by atoms with Crippen LogP contribution in [0.5, 0.6) is 0 Å². The molecule has 0 spiro atoms. The molecular weight excluding hydrogens is 517 g/mol. The average molecular weight is 542 g/mol. The number of nitrogens with one attached hydrogen (secondary N) is 1. The molecule has 196 valence electrons. The SMILES string of the molecule is CCOC(=O)c1nn(-c2ccc(F)cc2)c(=O)c2c(NC(=O)CC(c3ccccc3)c3ccccc3)scc12. The summed E-state index contributed by atoms with van der Waals surface area (Å²) < 4.78 is 19.7. The quantitative estimate of drug-likeness (QED) is 0.246. The highest BCUT2D eigenvalue weighted by atomic mass is 32.1. The Balaban J connectivity index is 1.54. The fraction of sp³-hybridized carbons (Fsp3) is 0.133. The normalized spacial score (nSPS) is 11.1. The number of amides is 1. The van der Waals surface area contributed by atoms with E-state index < -0.39 is 17.3 Å². The predicted octanol–water partition coefficient (Wildman–Crippen LogP) is 5.92. The van der Waals surface area contributed by atoms with E-state index in [4.69, 9.17) is 4.74 Å². The van der Waals surface area contributed by atoms with Gasteiger partial charge in [0.05, 0.1) is 17.7 Å². The summed E-state index contributed by atoms with van der Waals surface area (Å²) in [5.74, 6) is -1.68. The number of hydrogen-bond acceptors (Lipinski definition) is 6. The van der Waals surface area contributed by atoms with Crippen LogP contribution in [0.25, 0.3) is 16.5 Å². The molecule has 0 saturated heterocycles. The Labute approximate surface area is 227 Å². The summed E-state index contributed by atoms with van der Waals surface area (Å²) in [5.41, 5.74) is 1.62. The molecule has 0 saturated carbocycles. The van der Waals surface area contributed by atoms with Gasteiger partial charge in [-0.05, 0) is 42.3 Å². The van der Waals surface area contributed by atoms with Gasteiger partial charge >= 0.3 is 5.97 Å². The number of thiophene rings is 1. The van der Waals surface area contributed by atoms with Crippen LogP contribution in [0.15, 0.2) is 95.1 Å². The molecule has 1 amide bonds. The topological polar surface area (TPSA) is 90.3 Å². The minimum absolute atomic E-state index is 0.0704. The number of aromatic nitrogens is 2. The zero-order valence-corrected chi connectivity index (χ0v) is 21.8. The van der Waals surface area contributed by atoms with Gasteiger partial charge in [-0.15, -0.1) is 11.3 Å². The van der Waals surface area contributed by atoms with E-state index in [9.17, 15) is 18.8 Å². The van der Waals surface area contributed by atoms with E-state index >= 15 is 0 Å². The molecule has 0 aliphatic rings. The van der Waals surface area contributed by atoms with Crippen molar-refractivity contribution in [1.82, 2.24) is 9.78 Å². The molecule has 0 atom stereocenters. The first-order valence-corrected chi connectivity index (χ1v) is 13.2. The maximum atomic E-state index is 13.6. The fourth-order valence-electron chi connectivity index (χ4n) is 4.41. The van der Waals surface area contributed by atoms with E-state index in [-0.39, 0.29) is 47.0 Å². The molecule has 5 aromatic rings. The first-order valence-electron chi connectivity index (χ1n) is 12.3. The van der Waals surface area contributed by atoms with E-state index in [2.05, 4.69) is 10.4 Å². The number of nitrogens with zero attached hydrogens (tertiary/aromatic N) is 2. The number of rotatable bonds is 8. The lowest BCUT2D eigenvalue weighted by atomic mass is 9.88. The van der Waals surface area contributed by atoms with Crippen molar-refractivity contribution in [3.8, 4) is 5.69 Å². The van der Waals surface area contributed by atoms with E-state index in [0.29, 0.717) is 5.00 Å². The van der Waals surface area contributed by atoms with Gasteiger partial charge in [-0.25, -0.2) is 9.18 Å². The fourth-order valence-corrected chi connectivity index (χ4v) is 5.36. The number of benzene rings is 3. The van der Waals surface area contributed by atoms with Gasteiger partial charge in [-0.1, -0.05) is 60.7 Å². The second-order valence-corrected chi connectivity index (χ2v) is 9.62. The first kappa shape index (κ1) is 26.0. The minimum Gasteiger partial charge on any atom is -0.461 e. The molecule has 0 fully saturated rings. The van der Waals surface area contributed by atoms with Gasteiger partial charge in [-0.2, -0.15) is 9.78 Å². The second kappa shape index (κ2) is 11.4. The van der Waals surface area contributed by atoms with Gasteiger partial charge in [0.25, 0.3) is 5.56 Å². The Morgan fingerprint density at radius 3 is 2.18 bits per heavy atom. The van der Waals surface area contributed by atoms with Gasteiger partial charge < -0.3 is 10.1 Å². The van der Waals surface area contributed by atoms with E-state index in [0.717, 1.165) is 27.1 Å². The zero-order chi connectivity index (χ0) is 27.4. The summed E-state index contributed by atoms with van der Waals surface area (Å²) in [4.78, 5) is 39.7. The van der Waals surface area contributed by atoms with Crippen LogP contribution in [0.4, 0.5) is 9.39 Å². The first-order chi connectivity index (χ1) is 19.0. The largest absolute Gasteiger partial charge is 0.461 e. The summed E-state index contributed by atoms with van der Waals surface area (Å²) in [6.07, 6.45) is 0.134. The van der Waals surface area contributed by atoms with Gasteiger partial charge in [0.2, 0.25) is 5.91 Å². The van der Waals surface area contributed by atoms with Crippen molar-refractivity contribution in [2.75, 3.05) is 11.9 Å². The lowest BCUT2D eigenvalue weighted by Crippen LogP contribution is -2.25. The number of esters is 1. The number of anilines is 1. The average Bonchev–Trinajstić information content (AvgIpc) is 3.37. The molecule has 0 bridgehead atoms.